The normalized spacial score (nSPS) is 41.4. The first-order valence-electron chi connectivity index (χ1n) is 6.69. The monoisotopic (exact) mass is 264 g/mol. The summed E-state index contributed by atoms with van der Waals surface area (Å²) in [6.45, 7) is 0. The zero-order valence-electron chi connectivity index (χ0n) is 10.3. The van der Waals surface area contributed by atoms with Crippen LogP contribution in [0.3, 0.4) is 0 Å². The number of carbonyl (C=O) groups is 1. The Morgan fingerprint density at radius 3 is 2.11 bits per heavy atom. The number of hydrogen-bond acceptors (Lipinski definition) is 2. The van der Waals surface area contributed by atoms with Crippen molar-refractivity contribution in [3.63, 3.8) is 0 Å². The van der Waals surface area contributed by atoms with E-state index < -0.39 is 30.4 Å². The van der Waals surface area contributed by atoms with Gasteiger partial charge in [-0.2, -0.15) is 0 Å². The van der Waals surface area contributed by atoms with E-state index in [1.807, 2.05) is 0 Å². The molecule has 2 fully saturated rings. The molecule has 2 aliphatic rings. The van der Waals surface area contributed by atoms with Crippen LogP contribution in [0.15, 0.2) is 0 Å². The van der Waals surface area contributed by atoms with Gasteiger partial charge in [0.15, 0.2) is 0 Å². The summed E-state index contributed by atoms with van der Waals surface area (Å²) in [6.07, 6.45) is -1.68. The number of carbonyl (C=O) groups excluding carboxylic acids is 1. The fourth-order valence-corrected chi connectivity index (χ4v) is 2.72. The molecule has 2 rings (SSSR count). The molecule has 104 valence electrons. The minimum Gasteiger partial charge on any atom is -0.462 e. The maximum absolute atomic E-state index is 13.6. The maximum Gasteiger partial charge on any atom is 0.312 e. The van der Waals surface area contributed by atoms with Crippen molar-refractivity contribution in [1.82, 2.24) is 0 Å². The standard InChI is InChI=1S/C13H19F3O2/c14-8-1-4-10(5-2-8)18-13(17)11-6-3-9(15)7-12(11)16/h8-12H,1-7H2. The summed E-state index contributed by atoms with van der Waals surface area (Å²) in [5, 5.41) is 0. The molecule has 0 spiro atoms. The van der Waals surface area contributed by atoms with Gasteiger partial charge in [0.2, 0.25) is 0 Å². The molecule has 0 aromatic carbocycles. The van der Waals surface area contributed by atoms with E-state index in [9.17, 15) is 18.0 Å². The summed E-state index contributed by atoms with van der Waals surface area (Å²) in [7, 11) is 0. The molecule has 18 heavy (non-hydrogen) atoms. The van der Waals surface area contributed by atoms with Crippen molar-refractivity contribution in [3.05, 3.63) is 0 Å². The fourth-order valence-electron chi connectivity index (χ4n) is 2.72. The minimum absolute atomic E-state index is 0.208. The molecule has 0 bridgehead atoms. The molecule has 0 aromatic rings. The fraction of sp³-hybridized carbons (Fsp3) is 0.923. The number of alkyl halides is 3. The predicted molar refractivity (Wildman–Crippen MR) is 60.4 cm³/mol. The van der Waals surface area contributed by atoms with E-state index in [1.54, 1.807) is 0 Å². The van der Waals surface area contributed by atoms with Crippen molar-refractivity contribution < 1.29 is 22.7 Å². The van der Waals surface area contributed by atoms with Gasteiger partial charge >= 0.3 is 5.97 Å². The lowest BCUT2D eigenvalue weighted by Gasteiger charge is -2.30. The van der Waals surface area contributed by atoms with Gasteiger partial charge in [-0.15, -0.1) is 0 Å². The average molecular weight is 264 g/mol. The Kier molecular flexibility index (Phi) is 4.51. The van der Waals surface area contributed by atoms with Crippen molar-refractivity contribution in [3.8, 4) is 0 Å². The third-order valence-corrected chi connectivity index (χ3v) is 3.90. The van der Waals surface area contributed by atoms with Gasteiger partial charge in [0.1, 0.15) is 24.6 Å². The summed E-state index contributed by atoms with van der Waals surface area (Å²) in [4.78, 5) is 11.8. The van der Waals surface area contributed by atoms with Crippen LogP contribution in [-0.4, -0.2) is 30.6 Å². The number of hydrogen-bond donors (Lipinski definition) is 0. The zero-order valence-corrected chi connectivity index (χ0v) is 10.3. The van der Waals surface area contributed by atoms with E-state index in [4.69, 9.17) is 4.74 Å². The molecule has 0 radical (unpaired) electrons. The van der Waals surface area contributed by atoms with Crippen LogP contribution in [0.5, 0.6) is 0 Å². The molecule has 0 saturated heterocycles. The molecule has 0 N–H and O–H groups in total. The zero-order chi connectivity index (χ0) is 13.1. The van der Waals surface area contributed by atoms with Crippen molar-refractivity contribution in [2.45, 2.75) is 69.6 Å². The lowest BCUT2D eigenvalue weighted by molar-refractivity contribution is -0.160. The van der Waals surface area contributed by atoms with E-state index in [2.05, 4.69) is 0 Å². The summed E-state index contributed by atoms with van der Waals surface area (Å²) >= 11 is 0. The molecule has 2 aliphatic carbocycles. The van der Waals surface area contributed by atoms with Crippen LogP contribution in [0.1, 0.15) is 44.9 Å². The van der Waals surface area contributed by atoms with Crippen LogP contribution in [0, 0.1) is 5.92 Å². The summed E-state index contributed by atoms with van der Waals surface area (Å²) in [5.74, 6) is -1.41. The van der Waals surface area contributed by atoms with Gasteiger partial charge < -0.3 is 4.74 Å². The van der Waals surface area contributed by atoms with Crippen LogP contribution in [0.25, 0.3) is 0 Å². The Hall–Kier alpha value is -0.740. The molecule has 3 atom stereocenters. The van der Waals surface area contributed by atoms with Crippen LogP contribution in [-0.2, 0) is 9.53 Å². The second-order valence-corrected chi connectivity index (χ2v) is 5.34. The molecule has 0 aliphatic heterocycles. The third-order valence-electron chi connectivity index (χ3n) is 3.90. The quantitative estimate of drug-likeness (QED) is 0.715. The number of rotatable bonds is 2. The molecule has 0 heterocycles. The van der Waals surface area contributed by atoms with Gasteiger partial charge in [0.05, 0.1) is 5.92 Å². The van der Waals surface area contributed by atoms with Gasteiger partial charge in [-0.1, -0.05) is 0 Å². The van der Waals surface area contributed by atoms with Gasteiger partial charge in [0.25, 0.3) is 0 Å². The summed E-state index contributed by atoms with van der Waals surface area (Å²) < 4.78 is 44.6. The highest BCUT2D eigenvalue weighted by molar-refractivity contribution is 5.73. The Balaban J connectivity index is 1.80. The highest BCUT2D eigenvalue weighted by Gasteiger charge is 2.37. The number of ether oxygens (including phenoxy) is 1. The molecule has 0 amide bonds. The first-order chi connectivity index (χ1) is 8.56. The second kappa shape index (κ2) is 5.93. The number of halogens is 3. The van der Waals surface area contributed by atoms with Crippen molar-refractivity contribution in [1.29, 1.82) is 0 Å². The van der Waals surface area contributed by atoms with Crippen LogP contribution in [0.4, 0.5) is 13.2 Å². The Labute approximate surface area is 105 Å². The van der Waals surface area contributed by atoms with Crippen molar-refractivity contribution in [2.24, 2.45) is 5.92 Å². The van der Waals surface area contributed by atoms with Crippen LogP contribution in [0.2, 0.25) is 0 Å². The largest absolute Gasteiger partial charge is 0.462 e. The van der Waals surface area contributed by atoms with Gasteiger partial charge in [-0.05, 0) is 38.5 Å². The van der Waals surface area contributed by atoms with Crippen LogP contribution < -0.4 is 0 Å². The molecular weight excluding hydrogens is 245 g/mol. The lowest BCUT2D eigenvalue weighted by atomic mass is 9.86. The smallest absolute Gasteiger partial charge is 0.312 e. The Bertz CT molecular complexity index is 290. The lowest BCUT2D eigenvalue weighted by Crippen LogP contribution is -2.36. The first-order valence-corrected chi connectivity index (χ1v) is 6.69. The highest BCUT2D eigenvalue weighted by Crippen LogP contribution is 2.31. The van der Waals surface area contributed by atoms with Crippen molar-refractivity contribution in [2.75, 3.05) is 0 Å². The Morgan fingerprint density at radius 2 is 1.50 bits per heavy atom. The SMILES string of the molecule is O=C(OC1CCC(F)CC1)C1CCC(F)CC1F. The van der Waals surface area contributed by atoms with Gasteiger partial charge in [0, 0.05) is 6.42 Å². The Morgan fingerprint density at radius 1 is 0.889 bits per heavy atom. The molecular formula is C13H19F3O2. The topological polar surface area (TPSA) is 26.3 Å². The predicted octanol–water partition coefficient (Wildman–Crippen LogP) is 3.29. The molecule has 2 saturated carbocycles. The molecule has 2 nitrogen and oxygen atoms in total. The van der Waals surface area contributed by atoms with E-state index in [1.165, 1.54) is 0 Å². The van der Waals surface area contributed by atoms with E-state index >= 15 is 0 Å². The van der Waals surface area contributed by atoms with Gasteiger partial charge in [-0.25, -0.2) is 13.2 Å². The number of esters is 1. The summed E-state index contributed by atoms with van der Waals surface area (Å²) in [6, 6.07) is 0. The molecule has 0 aromatic heterocycles. The first kappa shape index (κ1) is 13.7. The highest BCUT2D eigenvalue weighted by atomic mass is 19.1. The molecule has 5 heteroatoms. The maximum atomic E-state index is 13.6. The minimum atomic E-state index is -1.45. The van der Waals surface area contributed by atoms with Crippen molar-refractivity contribution >= 4 is 5.97 Å². The van der Waals surface area contributed by atoms with Crippen LogP contribution >= 0.6 is 0 Å². The summed E-state index contributed by atoms with van der Waals surface area (Å²) in [5.41, 5.74) is 0. The van der Waals surface area contributed by atoms with E-state index in [-0.39, 0.29) is 25.4 Å². The van der Waals surface area contributed by atoms with Gasteiger partial charge in [-0.3, -0.25) is 4.79 Å². The van der Waals surface area contributed by atoms with E-state index in [0.29, 0.717) is 25.7 Å². The third kappa shape index (κ3) is 3.39. The molecule has 3 unspecified atom stereocenters. The average Bonchev–Trinajstić information content (AvgIpc) is 2.32. The second-order valence-electron chi connectivity index (χ2n) is 5.34. The van der Waals surface area contributed by atoms with E-state index in [0.717, 1.165) is 0 Å².